The van der Waals surface area contributed by atoms with Crippen molar-refractivity contribution >= 4 is 22.9 Å². The number of imidazole rings is 1. The van der Waals surface area contributed by atoms with Crippen LogP contribution in [-0.4, -0.2) is 47.0 Å². The molecule has 2 aliphatic heterocycles. The maximum Gasteiger partial charge on any atom is 0.225 e. The summed E-state index contributed by atoms with van der Waals surface area (Å²) in [4.78, 5) is 25.4. The summed E-state index contributed by atoms with van der Waals surface area (Å²) in [7, 11) is 0. The Labute approximate surface area is 149 Å². The number of nitrogens with one attached hydrogen (secondary N) is 1. The molecule has 0 bridgehead atoms. The molecule has 2 saturated heterocycles. The fraction of sp³-hybridized carbons (Fsp3) is 0.600. The monoisotopic (exact) mass is 340 g/mol. The number of anilines is 1. The van der Waals surface area contributed by atoms with E-state index in [4.69, 9.17) is 4.98 Å². The average molecular weight is 340 g/mol. The summed E-state index contributed by atoms with van der Waals surface area (Å²) >= 11 is 0. The molecule has 4 rings (SSSR count). The van der Waals surface area contributed by atoms with Gasteiger partial charge >= 0.3 is 0 Å². The Morgan fingerprint density at radius 2 is 1.80 bits per heavy atom. The smallest absolute Gasteiger partial charge is 0.225 e. The second-order valence-electron chi connectivity index (χ2n) is 8.03. The number of rotatable bonds is 2. The molecule has 0 unspecified atom stereocenters. The van der Waals surface area contributed by atoms with Crippen LogP contribution < -0.4 is 4.90 Å². The Kier molecular flexibility index (Phi) is 4.40. The number of hydrogen-bond acceptors (Lipinski definition) is 3. The van der Waals surface area contributed by atoms with Crippen molar-refractivity contribution in [3.63, 3.8) is 0 Å². The van der Waals surface area contributed by atoms with Gasteiger partial charge in [0.1, 0.15) is 0 Å². The Balaban J connectivity index is 1.38. The minimum absolute atomic E-state index is 0.179. The average Bonchev–Trinajstić information content (AvgIpc) is 3.04. The molecule has 0 aliphatic carbocycles. The summed E-state index contributed by atoms with van der Waals surface area (Å²) in [5, 5.41) is 0. The molecular weight excluding hydrogens is 312 g/mol. The molecular formula is C20H28N4O. The van der Waals surface area contributed by atoms with Crippen LogP contribution >= 0.6 is 0 Å². The fourth-order valence-corrected chi connectivity index (χ4v) is 4.53. The first-order valence-corrected chi connectivity index (χ1v) is 9.58. The van der Waals surface area contributed by atoms with Crippen molar-refractivity contribution in [2.24, 2.45) is 17.8 Å². The number of aromatic nitrogens is 2. The highest BCUT2D eigenvalue weighted by Crippen LogP contribution is 2.27. The number of para-hydroxylation sites is 2. The third-order valence-electron chi connectivity index (χ3n) is 5.70. The van der Waals surface area contributed by atoms with Crippen LogP contribution in [0, 0.1) is 17.8 Å². The van der Waals surface area contributed by atoms with Crippen LogP contribution in [0.1, 0.15) is 33.1 Å². The zero-order valence-electron chi connectivity index (χ0n) is 15.2. The van der Waals surface area contributed by atoms with Gasteiger partial charge in [-0.2, -0.15) is 0 Å². The van der Waals surface area contributed by atoms with E-state index >= 15 is 0 Å². The predicted octanol–water partition coefficient (Wildman–Crippen LogP) is 3.28. The number of aromatic amines is 1. The van der Waals surface area contributed by atoms with Crippen LogP contribution in [0.4, 0.5) is 5.95 Å². The van der Waals surface area contributed by atoms with Gasteiger partial charge in [0.25, 0.3) is 0 Å². The first-order chi connectivity index (χ1) is 12.1. The van der Waals surface area contributed by atoms with E-state index in [0.717, 1.165) is 56.0 Å². The number of fused-ring (bicyclic) bond motifs is 1. The van der Waals surface area contributed by atoms with E-state index in [1.54, 1.807) is 0 Å². The molecule has 2 fully saturated rings. The van der Waals surface area contributed by atoms with Gasteiger partial charge in [-0.3, -0.25) is 4.79 Å². The lowest BCUT2D eigenvalue weighted by atomic mass is 9.89. The first-order valence-electron chi connectivity index (χ1n) is 9.58. The van der Waals surface area contributed by atoms with Crippen molar-refractivity contribution in [2.45, 2.75) is 33.1 Å². The maximum atomic E-state index is 12.9. The minimum atomic E-state index is 0.179. The molecule has 5 heteroatoms. The van der Waals surface area contributed by atoms with E-state index in [9.17, 15) is 4.79 Å². The minimum Gasteiger partial charge on any atom is -0.342 e. The highest BCUT2D eigenvalue weighted by Gasteiger charge is 2.32. The summed E-state index contributed by atoms with van der Waals surface area (Å²) < 4.78 is 0. The summed E-state index contributed by atoms with van der Waals surface area (Å²) in [5.74, 6) is 2.75. The number of amides is 1. The number of H-pyrrole nitrogens is 1. The van der Waals surface area contributed by atoms with Gasteiger partial charge in [-0.05, 0) is 43.2 Å². The molecule has 2 atom stereocenters. The van der Waals surface area contributed by atoms with Crippen LogP contribution in [-0.2, 0) is 4.79 Å². The number of nitrogens with zero attached hydrogens (tertiary/aromatic N) is 3. The van der Waals surface area contributed by atoms with Crippen molar-refractivity contribution in [1.82, 2.24) is 14.9 Å². The maximum absolute atomic E-state index is 12.9. The Morgan fingerprint density at radius 3 is 2.48 bits per heavy atom. The van der Waals surface area contributed by atoms with Gasteiger partial charge in [0, 0.05) is 32.1 Å². The second-order valence-corrected chi connectivity index (χ2v) is 8.03. The van der Waals surface area contributed by atoms with E-state index in [2.05, 4.69) is 34.7 Å². The normalized spacial score (nSPS) is 25.5. The number of hydrogen-bond donors (Lipinski definition) is 1. The van der Waals surface area contributed by atoms with Crippen LogP contribution in [0.3, 0.4) is 0 Å². The SMILES string of the molecule is C[C@H]1C[C@H](C)CN(C(=O)C2CCN(c3nc4ccccc4[nH]3)CC2)C1. The predicted molar refractivity (Wildman–Crippen MR) is 101 cm³/mol. The van der Waals surface area contributed by atoms with Crippen LogP contribution in [0.15, 0.2) is 24.3 Å². The van der Waals surface area contributed by atoms with Gasteiger partial charge < -0.3 is 14.8 Å². The number of benzene rings is 1. The third-order valence-corrected chi connectivity index (χ3v) is 5.70. The Morgan fingerprint density at radius 1 is 1.12 bits per heavy atom. The lowest BCUT2D eigenvalue weighted by Gasteiger charge is -2.39. The topological polar surface area (TPSA) is 52.2 Å². The van der Waals surface area contributed by atoms with Gasteiger partial charge in [0.15, 0.2) is 0 Å². The molecule has 134 valence electrons. The molecule has 0 radical (unpaired) electrons. The number of carbonyl (C=O) groups is 1. The quantitative estimate of drug-likeness (QED) is 0.913. The van der Waals surface area contributed by atoms with Crippen molar-refractivity contribution in [3.05, 3.63) is 24.3 Å². The molecule has 0 spiro atoms. The van der Waals surface area contributed by atoms with Crippen molar-refractivity contribution < 1.29 is 4.79 Å². The van der Waals surface area contributed by atoms with Crippen molar-refractivity contribution in [3.8, 4) is 0 Å². The molecule has 1 aromatic carbocycles. The fourth-order valence-electron chi connectivity index (χ4n) is 4.53. The van der Waals surface area contributed by atoms with Crippen molar-refractivity contribution in [1.29, 1.82) is 0 Å². The molecule has 0 saturated carbocycles. The van der Waals surface area contributed by atoms with E-state index in [1.165, 1.54) is 6.42 Å². The number of likely N-dealkylation sites (tertiary alicyclic amines) is 1. The molecule has 2 aromatic rings. The largest absolute Gasteiger partial charge is 0.342 e. The van der Waals surface area contributed by atoms with Gasteiger partial charge in [-0.15, -0.1) is 0 Å². The molecule has 1 amide bonds. The molecule has 3 heterocycles. The van der Waals surface area contributed by atoms with Gasteiger partial charge in [0.2, 0.25) is 11.9 Å². The van der Waals surface area contributed by atoms with Gasteiger partial charge in [0.05, 0.1) is 11.0 Å². The van der Waals surface area contributed by atoms with Gasteiger partial charge in [-0.1, -0.05) is 26.0 Å². The highest BCUT2D eigenvalue weighted by atomic mass is 16.2. The van der Waals surface area contributed by atoms with E-state index < -0.39 is 0 Å². The molecule has 5 nitrogen and oxygen atoms in total. The standard InChI is InChI=1S/C20H28N4O/c1-14-11-15(2)13-24(12-14)19(25)16-7-9-23(10-8-16)20-21-17-5-3-4-6-18(17)22-20/h3-6,14-16H,7-13H2,1-2H3,(H,21,22)/t14-,15-/m0/s1. The van der Waals surface area contributed by atoms with E-state index in [0.29, 0.717) is 17.7 Å². The van der Waals surface area contributed by atoms with Crippen LogP contribution in [0.5, 0.6) is 0 Å². The summed E-state index contributed by atoms with van der Waals surface area (Å²) in [6.45, 7) is 8.20. The Bertz CT molecular complexity index is 704. The lowest BCUT2D eigenvalue weighted by molar-refractivity contribution is -0.138. The van der Waals surface area contributed by atoms with Gasteiger partial charge in [-0.25, -0.2) is 4.98 Å². The first kappa shape index (κ1) is 16.4. The summed E-state index contributed by atoms with van der Waals surface area (Å²) in [6, 6.07) is 8.12. The number of carbonyl (C=O) groups excluding carboxylic acids is 1. The highest BCUT2D eigenvalue weighted by molar-refractivity contribution is 5.80. The van der Waals surface area contributed by atoms with Crippen LogP contribution in [0.25, 0.3) is 11.0 Å². The zero-order chi connectivity index (χ0) is 17.4. The van der Waals surface area contributed by atoms with E-state index in [-0.39, 0.29) is 5.92 Å². The lowest BCUT2D eigenvalue weighted by Crippen LogP contribution is -2.48. The summed E-state index contributed by atoms with van der Waals surface area (Å²) in [5.41, 5.74) is 2.08. The zero-order valence-corrected chi connectivity index (χ0v) is 15.2. The van der Waals surface area contributed by atoms with Crippen molar-refractivity contribution in [2.75, 3.05) is 31.1 Å². The molecule has 2 aliphatic rings. The molecule has 25 heavy (non-hydrogen) atoms. The second kappa shape index (κ2) is 6.70. The van der Waals surface area contributed by atoms with E-state index in [1.807, 2.05) is 18.2 Å². The molecule has 1 aromatic heterocycles. The Hall–Kier alpha value is -2.04. The number of piperidine rings is 2. The molecule has 1 N–H and O–H groups in total. The third kappa shape index (κ3) is 3.37. The summed E-state index contributed by atoms with van der Waals surface area (Å²) in [6.07, 6.45) is 3.10. The van der Waals surface area contributed by atoms with Crippen LogP contribution in [0.2, 0.25) is 0 Å².